The molecular weight excluding hydrogens is 156 g/mol. The highest BCUT2D eigenvalue weighted by atomic mass is 16.3. The van der Waals surface area contributed by atoms with Crippen molar-refractivity contribution in [2.45, 2.75) is 25.8 Å². The average Bonchev–Trinajstić information content (AvgIpc) is 2.11. The molecule has 0 rings (SSSR count). The number of carbonyl (C=O) groups is 1. The van der Waals surface area contributed by atoms with Crippen LogP contribution < -0.4 is 5.73 Å². The molecule has 4 heteroatoms. The van der Waals surface area contributed by atoms with Crippen molar-refractivity contribution in [3.05, 3.63) is 0 Å². The van der Waals surface area contributed by atoms with Crippen LogP contribution in [0.4, 0.5) is 0 Å². The maximum Gasteiger partial charge on any atom is 0.241 e. The van der Waals surface area contributed by atoms with Crippen molar-refractivity contribution in [1.82, 2.24) is 4.90 Å². The summed E-state index contributed by atoms with van der Waals surface area (Å²) in [4.78, 5) is 12.8. The number of unbranched alkanes of at least 4 members (excludes halogenated alkanes) is 1. The van der Waals surface area contributed by atoms with Gasteiger partial charge in [-0.25, -0.2) is 0 Å². The quantitative estimate of drug-likeness (QED) is 0.594. The molecule has 0 saturated carbocycles. The SMILES string of the molecule is CCCCN(C)C(=O)C(N)CO. The molecule has 0 bridgehead atoms. The van der Waals surface area contributed by atoms with E-state index in [1.54, 1.807) is 11.9 Å². The van der Waals surface area contributed by atoms with Crippen LogP contribution >= 0.6 is 0 Å². The van der Waals surface area contributed by atoms with Crippen molar-refractivity contribution in [2.75, 3.05) is 20.2 Å². The highest BCUT2D eigenvalue weighted by molar-refractivity contribution is 5.81. The van der Waals surface area contributed by atoms with E-state index in [0.29, 0.717) is 6.54 Å². The number of aliphatic hydroxyl groups is 1. The Kier molecular flexibility index (Phi) is 5.66. The van der Waals surface area contributed by atoms with E-state index in [1.165, 1.54) is 0 Å². The number of hydrogen-bond donors (Lipinski definition) is 2. The van der Waals surface area contributed by atoms with E-state index in [4.69, 9.17) is 10.8 Å². The number of nitrogens with two attached hydrogens (primary N) is 1. The van der Waals surface area contributed by atoms with E-state index in [9.17, 15) is 4.79 Å². The maximum atomic E-state index is 11.2. The second-order valence-electron chi connectivity index (χ2n) is 2.90. The Balaban J connectivity index is 3.75. The van der Waals surface area contributed by atoms with Crippen LogP contribution in [0.3, 0.4) is 0 Å². The van der Waals surface area contributed by atoms with Gasteiger partial charge in [-0.05, 0) is 6.42 Å². The van der Waals surface area contributed by atoms with Crippen LogP contribution in [0.5, 0.6) is 0 Å². The predicted molar refractivity (Wildman–Crippen MR) is 47.6 cm³/mol. The maximum absolute atomic E-state index is 11.2. The summed E-state index contributed by atoms with van der Waals surface area (Å²) in [5, 5.41) is 8.61. The largest absolute Gasteiger partial charge is 0.394 e. The van der Waals surface area contributed by atoms with Crippen LogP contribution in [0.25, 0.3) is 0 Å². The van der Waals surface area contributed by atoms with Crippen LogP contribution in [-0.2, 0) is 4.79 Å². The Morgan fingerprint density at radius 2 is 2.25 bits per heavy atom. The normalized spacial score (nSPS) is 12.7. The molecular formula is C8H18N2O2. The van der Waals surface area contributed by atoms with Gasteiger partial charge in [-0.15, -0.1) is 0 Å². The summed E-state index contributed by atoms with van der Waals surface area (Å²) >= 11 is 0. The fourth-order valence-electron chi connectivity index (χ4n) is 0.867. The Hall–Kier alpha value is -0.610. The first-order valence-corrected chi connectivity index (χ1v) is 4.24. The van der Waals surface area contributed by atoms with E-state index in [2.05, 4.69) is 6.92 Å². The number of amides is 1. The van der Waals surface area contributed by atoms with Gasteiger partial charge in [0.15, 0.2) is 0 Å². The molecule has 72 valence electrons. The molecule has 1 atom stereocenters. The van der Waals surface area contributed by atoms with Gasteiger partial charge in [0.05, 0.1) is 6.61 Å². The van der Waals surface area contributed by atoms with Crippen molar-refractivity contribution < 1.29 is 9.90 Å². The van der Waals surface area contributed by atoms with Crippen molar-refractivity contribution in [2.24, 2.45) is 5.73 Å². The highest BCUT2D eigenvalue weighted by Gasteiger charge is 2.15. The van der Waals surface area contributed by atoms with Gasteiger partial charge in [-0.2, -0.15) is 0 Å². The molecule has 4 nitrogen and oxygen atoms in total. The second-order valence-corrected chi connectivity index (χ2v) is 2.90. The number of likely N-dealkylation sites (N-methyl/N-ethyl adjacent to an activating group) is 1. The first kappa shape index (κ1) is 11.4. The number of carbonyl (C=O) groups excluding carboxylic acids is 1. The van der Waals surface area contributed by atoms with E-state index >= 15 is 0 Å². The lowest BCUT2D eigenvalue weighted by Gasteiger charge is -2.19. The van der Waals surface area contributed by atoms with E-state index in [0.717, 1.165) is 12.8 Å². The molecule has 0 aromatic carbocycles. The number of nitrogens with zero attached hydrogens (tertiary/aromatic N) is 1. The van der Waals surface area contributed by atoms with Crippen LogP contribution in [0.2, 0.25) is 0 Å². The first-order valence-electron chi connectivity index (χ1n) is 4.24. The summed E-state index contributed by atoms with van der Waals surface area (Å²) in [6.07, 6.45) is 2.02. The third kappa shape index (κ3) is 3.69. The molecule has 0 spiro atoms. The monoisotopic (exact) mass is 174 g/mol. The number of hydrogen-bond acceptors (Lipinski definition) is 3. The van der Waals surface area contributed by atoms with Gasteiger partial charge < -0.3 is 15.7 Å². The van der Waals surface area contributed by atoms with Gasteiger partial charge in [0.1, 0.15) is 6.04 Å². The van der Waals surface area contributed by atoms with Crippen LogP contribution in [0.1, 0.15) is 19.8 Å². The molecule has 0 fully saturated rings. The van der Waals surface area contributed by atoms with Gasteiger partial charge in [-0.3, -0.25) is 4.79 Å². The fourth-order valence-corrected chi connectivity index (χ4v) is 0.867. The molecule has 12 heavy (non-hydrogen) atoms. The lowest BCUT2D eigenvalue weighted by Crippen LogP contribution is -2.44. The molecule has 0 aromatic heterocycles. The molecule has 0 radical (unpaired) electrons. The topological polar surface area (TPSA) is 66.6 Å². The van der Waals surface area contributed by atoms with Crippen molar-refractivity contribution in [3.8, 4) is 0 Å². The summed E-state index contributed by atoms with van der Waals surface area (Å²) in [6.45, 7) is 2.49. The summed E-state index contributed by atoms with van der Waals surface area (Å²) < 4.78 is 0. The van der Waals surface area contributed by atoms with E-state index in [1.807, 2.05) is 0 Å². The summed E-state index contributed by atoms with van der Waals surface area (Å²) in [5.41, 5.74) is 5.35. The third-order valence-corrected chi connectivity index (χ3v) is 1.74. The Morgan fingerprint density at radius 3 is 2.67 bits per heavy atom. The van der Waals surface area contributed by atoms with Gasteiger partial charge in [0.2, 0.25) is 5.91 Å². The van der Waals surface area contributed by atoms with Gasteiger partial charge >= 0.3 is 0 Å². The Labute approximate surface area is 73.3 Å². The van der Waals surface area contributed by atoms with Crippen LogP contribution in [-0.4, -0.2) is 42.2 Å². The zero-order chi connectivity index (χ0) is 9.56. The Morgan fingerprint density at radius 1 is 1.67 bits per heavy atom. The molecule has 0 aromatic rings. The minimum atomic E-state index is -0.758. The molecule has 3 N–H and O–H groups in total. The van der Waals surface area contributed by atoms with Crippen LogP contribution in [0.15, 0.2) is 0 Å². The molecule has 0 aliphatic rings. The van der Waals surface area contributed by atoms with E-state index < -0.39 is 6.04 Å². The number of rotatable bonds is 5. The second kappa shape index (κ2) is 5.97. The molecule has 1 amide bonds. The molecule has 0 aliphatic carbocycles. The zero-order valence-electron chi connectivity index (χ0n) is 7.79. The first-order chi connectivity index (χ1) is 5.63. The summed E-state index contributed by atoms with van der Waals surface area (Å²) in [7, 11) is 1.70. The summed E-state index contributed by atoms with van der Waals surface area (Å²) in [5.74, 6) is -0.189. The summed E-state index contributed by atoms with van der Waals surface area (Å²) in [6, 6.07) is -0.758. The van der Waals surface area contributed by atoms with Gasteiger partial charge in [0.25, 0.3) is 0 Å². The van der Waals surface area contributed by atoms with Crippen molar-refractivity contribution in [1.29, 1.82) is 0 Å². The van der Waals surface area contributed by atoms with Gasteiger partial charge in [0, 0.05) is 13.6 Å². The Bertz CT molecular complexity index is 139. The minimum absolute atomic E-state index is 0.189. The fraction of sp³-hybridized carbons (Fsp3) is 0.875. The number of aliphatic hydroxyl groups excluding tert-OH is 1. The van der Waals surface area contributed by atoms with Crippen molar-refractivity contribution >= 4 is 5.91 Å². The predicted octanol–water partition coefficient (Wildman–Crippen LogP) is -0.435. The highest BCUT2D eigenvalue weighted by Crippen LogP contribution is 1.94. The molecule has 0 heterocycles. The lowest BCUT2D eigenvalue weighted by molar-refractivity contribution is -0.132. The zero-order valence-corrected chi connectivity index (χ0v) is 7.79. The third-order valence-electron chi connectivity index (χ3n) is 1.74. The average molecular weight is 174 g/mol. The smallest absolute Gasteiger partial charge is 0.241 e. The molecule has 0 saturated heterocycles. The molecule has 1 unspecified atom stereocenters. The van der Waals surface area contributed by atoms with E-state index in [-0.39, 0.29) is 12.5 Å². The lowest BCUT2D eigenvalue weighted by atomic mass is 10.2. The van der Waals surface area contributed by atoms with Crippen LogP contribution in [0, 0.1) is 0 Å². The standard InChI is InChI=1S/C8H18N2O2/c1-3-4-5-10(2)8(12)7(9)6-11/h7,11H,3-6,9H2,1-2H3. The molecule has 0 aliphatic heterocycles. The van der Waals surface area contributed by atoms with Gasteiger partial charge in [-0.1, -0.05) is 13.3 Å². The van der Waals surface area contributed by atoms with Crippen molar-refractivity contribution in [3.63, 3.8) is 0 Å². The minimum Gasteiger partial charge on any atom is -0.394 e.